The highest BCUT2D eigenvalue weighted by Crippen LogP contribution is 2.61. The first-order valence-corrected chi connectivity index (χ1v) is 11.3. The van der Waals surface area contributed by atoms with Crippen molar-refractivity contribution in [2.45, 2.75) is 46.2 Å². The molecule has 1 N–H and O–H groups in total. The van der Waals surface area contributed by atoms with Crippen molar-refractivity contribution in [2.24, 2.45) is 23.2 Å². The van der Waals surface area contributed by atoms with Crippen molar-refractivity contribution in [3.05, 3.63) is 50.3 Å². The van der Waals surface area contributed by atoms with Gasteiger partial charge in [0.1, 0.15) is 16.8 Å². The SMILES string of the molecule is C[C@@H]1[C@H]2C[C@@H](C[C@H]1Nc1cnn(CCOc3ccc(Cl)cc3)c(=O)c1Br)C2(C)C. The molecular formula is C22H27BrClN3O2. The van der Waals surface area contributed by atoms with Crippen molar-refractivity contribution in [3.63, 3.8) is 0 Å². The van der Waals surface area contributed by atoms with Gasteiger partial charge in [0.15, 0.2) is 0 Å². The summed E-state index contributed by atoms with van der Waals surface area (Å²) in [7, 11) is 0. The fourth-order valence-electron chi connectivity index (χ4n) is 5.05. The Kier molecular flexibility index (Phi) is 5.68. The molecule has 0 saturated heterocycles. The van der Waals surface area contributed by atoms with Gasteiger partial charge in [-0.15, -0.1) is 0 Å². The number of benzene rings is 1. The Morgan fingerprint density at radius 3 is 2.69 bits per heavy atom. The van der Waals surface area contributed by atoms with Gasteiger partial charge in [-0.25, -0.2) is 4.68 Å². The summed E-state index contributed by atoms with van der Waals surface area (Å²) < 4.78 is 7.63. The lowest BCUT2D eigenvalue weighted by Gasteiger charge is -2.62. The fourth-order valence-corrected chi connectivity index (χ4v) is 5.59. The number of anilines is 1. The standard InChI is InChI=1S/C22H27BrClN3O2/c1-13-17-10-14(22(17,2)3)11-18(13)26-19-12-25-27(21(28)20(19)23)8-9-29-16-6-4-15(24)5-7-16/h4-7,12-14,17-18,26H,8-11H2,1-3H3/t13-,14+,17-,18-/m1/s1. The minimum atomic E-state index is -0.149. The van der Waals surface area contributed by atoms with E-state index in [9.17, 15) is 4.79 Å². The van der Waals surface area contributed by atoms with E-state index < -0.39 is 0 Å². The van der Waals surface area contributed by atoms with Gasteiger partial charge in [-0.3, -0.25) is 4.79 Å². The molecule has 0 spiro atoms. The van der Waals surface area contributed by atoms with Gasteiger partial charge in [-0.1, -0.05) is 32.4 Å². The lowest BCUT2D eigenvalue weighted by Crippen LogP contribution is -2.58. The molecule has 4 atom stereocenters. The normalized spacial score (nSPS) is 27.2. The van der Waals surface area contributed by atoms with Crippen molar-refractivity contribution in [2.75, 3.05) is 11.9 Å². The molecule has 5 nitrogen and oxygen atoms in total. The Bertz CT molecular complexity index is 944. The Balaban J connectivity index is 1.39. The van der Waals surface area contributed by atoms with Crippen LogP contribution < -0.4 is 15.6 Å². The third-order valence-corrected chi connectivity index (χ3v) is 8.08. The fraction of sp³-hybridized carbons (Fsp3) is 0.545. The van der Waals surface area contributed by atoms with E-state index in [1.807, 2.05) is 0 Å². The van der Waals surface area contributed by atoms with E-state index in [0.717, 1.165) is 23.9 Å². The van der Waals surface area contributed by atoms with E-state index in [1.54, 1.807) is 30.5 Å². The molecule has 3 aliphatic rings. The topological polar surface area (TPSA) is 56.1 Å². The van der Waals surface area contributed by atoms with Crippen LogP contribution in [0.3, 0.4) is 0 Å². The van der Waals surface area contributed by atoms with Crippen LogP contribution in [0.1, 0.15) is 33.6 Å². The Morgan fingerprint density at radius 1 is 1.31 bits per heavy atom. The highest BCUT2D eigenvalue weighted by atomic mass is 79.9. The summed E-state index contributed by atoms with van der Waals surface area (Å²) in [4.78, 5) is 12.7. The van der Waals surface area contributed by atoms with E-state index in [4.69, 9.17) is 16.3 Å². The van der Waals surface area contributed by atoms with Crippen LogP contribution in [-0.4, -0.2) is 22.4 Å². The second-order valence-corrected chi connectivity index (χ2v) is 10.1. The molecular weight excluding hydrogens is 454 g/mol. The molecule has 7 heteroatoms. The third-order valence-electron chi connectivity index (χ3n) is 7.07. The predicted octanol–water partition coefficient (Wildman–Crippen LogP) is 5.22. The van der Waals surface area contributed by atoms with Gasteiger partial charge in [0, 0.05) is 11.1 Å². The molecule has 0 aliphatic heterocycles. The van der Waals surface area contributed by atoms with Crippen LogP contribution in [0.5, 0.6) is 5.75 Å². The molecule has 0 unspecified atom stereocenters. The molecule has 0 amide bonds. The number of nitrogens with one attached hydrogen (secondary N) is 1. The van der Waals surface area contributed by atoms with Crippen LogP contribution in [0.25, 0.3) is 0 Å². The maximum atomic E-state index is 12.7. The zero-order valence-corrected chi connectivity index (χ0v) is 19.3. The van der Waals surface area contributed by atoms with E-state index in [1.165, 1.54) is 11.1 Å². The minimum Gasteiger partial charge on any atom is -0.492 e. The molecule has 5 rings (SSSR count). The molecule has 1 heterocycles. The molecule has 29 heavy (non-hydrogen) atoms. The maximum Gasteiger partial charge on any atom is 0.283 e. The molecule has 3 aliphatic carbocycles. The number of halogens is 2. The number of ether oxygens (including phenoxy) is 1. The second-order valence-electron chi connectivity index (χ2n) is 8.91. The van der Waals surface area contributed by atoms with Crippen LogP contribution in [0, 0.1) is 23.2 Å². The molecule has 3 saturated carbocycles. The highest BCUT2D eigenvalue weighted by molar-refractivity contribution is 9.10. The maximum absolute atomic E-state index is 12.7. The van der Waals surface area contributed by atoms with Crippen LogP contribution in [-0.2, 0) is 6.54 Å². The summed E-state index contributed by atoms with van der Waals surface area (Å²) in [5.41, 5.74) is 1.07. The lowest BCUT2D eigenvalue weighted by atomic mass is 9.45. The Hall–Kier alpha value is -1.53. The van der Waals surface area contributed by atoms with E-state index in [2.05, 4.69) is 47.1 Å². The zero-order chi connectivity index (χ0) is 20.8. The zero-order valence-electron chi connectivity index (χ0n) is 17.0. The average Bonchev–Trinajstić information content (AvgIpc) is 2.69. The first-order chi connectivity index (χ1) is 13.8. The first-order valence-electron chi connectivity index (χ1n) is 10.2. The van der Waals surface area contributed by atoms with Gasteiger partial charge < -0.3 is 10.1 Å². The summed E-state index contributed by atoms with van der Waals surface area (Å²) in [6, 6.07) is 7.54. The van der Waals surface area contributed by atoms with Crippen molar-refractivity contribution < 1.29 is 4.74 Å². The van der Waals surface area contributed by atoms with E-state index >= 15 is 0 Å². The van der Waals surface area contributed by atoms with Crippen LogP contribution in [0.15, 0.2) is 39.7 Å². The van der Waals surface area contributed by atoms with Crippen molar-refractivity contribution >= 4 is 33.2 Å². The second kappa shape index (κ2) is 7.95. The van der Waals surface area contributed by atoms with Gasteiger partial charge in [-0.05, 0) is 76.2 Å². The molecule has 1 aromatic heterocycles. The summed E-state index contributed by atoms with van der Waals surface area (Å²) >= 11 is 9.36. The Labute approximate surface area is 184 Å². The average molecular weight is 481 g/mol. The summed E-state index contributed by atoms with van der Waals surface area (Å²) in [5.74, 6) is 2.80. The lowest BCUT2D eigenvalue weighted by molar-refractivity contribution is -0.105. The van der Waals surface area contributed by atoms with Crippen LogP contribution in [0.4, 0.5) is 5.69 Å². The summed E-state index contributed by atoms with van der Waals surface area (Å²) in [5, 5.41) is 8.59. The summed E-state index contributed by atoms with van der Waals surface area (Å²) in [6.45, 7) is 7.84. The minimum absolute atomic E-state index is 0.149. The number of hydrogen-bond acceptors (Lipinski definition) is 4. The monoisotopic (exact) mass is 479 g/mol. The molecule has 1 aromatic carbocycles. The van der Waals surface area contributed by atoms with E-state index in [-0.39, 0.29) is 5.56 Å². The number of hydrogen-bond donors (Lipinski definition) is 1. The van der Waals surface area contributed by atoms with Crippen molar-refractivity contribution in [3.8, 4) is 5.75 Å². The first kappa shape index (κ1) is 20.7. The van der Waals surface area contributed by atoms with Crippen molar-refractivity contribution in [1.82, 2.24) is 9.78 Å². The van der Waals surface area contributed by atoms with Gasteiger partial charge in [0.25, 0.3) is 5.56 Å². The largest absolute Gasteiger partial charge is 0.492 e. The summed E-state index contributed by atoms with van der Waals surface area (Å²) in [6.07, 6.45) is 4.22. The van der Waals surface area contributed by atoms with Gasteiger partial charge in [0.2, 0.25) is 0 Å². The molecule has 2 aromatic rings. The molecule has 2 bridgehead atoms. The van der Waals surface area contributed by atoms with Crippen LogP contribution >= 0.6 is 27.5 Å². The third kappa shape index (κ3) is 3.93. The van der Waals surface area contributed by atoms with Gasteiger partial charge in [0.05, 0.1) is 18.4 Å². The number of rotatable bonds is 6. The number of fused-ring (bicyclic) bond motifs is 2. The molecule has 3 fully saturated rings. The number of nitrogens with zero attached hydrogens (tertiary/aromatic N) is 2. The highest BCUT2D eigenvalue weighted by Gasteiger charge is 2.56. The van der Waals surface area contributed by atoms with Gasteiger partial charge >= 0.3 is 0 Å². The Morgan fingerprint density at radius 2 is 2.03 bits per heavy atom. The molecule has 0 radical (unpaired) electrons. The smallest absolute Gasteiger partial charge is 0.283 e. The van der Waals surface area contributed by atoms with E-state index in [0.29, 0.717) is 45.8 Å². The quantitative estimate of drug-likeness (QED) is 0.616. The van der Waals surface area contributed by atoms with Crippen molar-refractivity contribution in [1.29, 1.82) is 0 Å². The number of aromatic nitrogens is 2. The van der Waals surface area contributed by atoms with Crippen LogP contribution in [0.2, 0.25) is 5.02 Å². The predicted molar refractivity (Wildman–Crippen MR) is 120 cm³/mol. The van der Waals surface area contributed by atoms with Gasteiger partial charge in [-0.2, -0.15) is 5.10 Å². The molecule has 156 valence electrons.